The van der Waals surface area contributed by atoms with Crippen molar-refractivity contribution in [1.29, 1.82) is 0 Å². The van der Waals surface area contributed by atoms with Crippen LogP contribution in [0.15, 0.2) is 79.6 Å². The Hall–Kier alpha value is -6.54. The second-order valence-corrected chi connectivity index (χ2v) is 12.9. The fourth-order valence-corrected chi connectivity index (χ4v) is 6.33. The number of nitrogens with one attached hydrogen (secondary N) is 3. The largest absolute Gasteiger partial charge is 0.508 e. The number of ether oxygens (including phenoxy) is 1. The van der Waals surface area contributed by atoms with Crippen molar-refractivity contribution >= 4 is 28.8 Å². The van der Waals surface area contributed by atoms with Crippen LogP contribution in [0.25, 0.3) is 33.4 Å². The molecule has 3 atom stereocenters. The van der Waals surface area contributed by atoms with E-state index in [0.717, 1.165) is 4.57 Å². The van der Waals surface area contributed by atoms with Crippen LogP contribution in [-0.4, -0.2) is 79.7 Å². The van der Waals surface area contributed by atoms with Gasteiger partial charge in [-0.15, -0.1) is 0 Å². The molecule has 3 aliphatic rings. The fourth-order valence-electron chi connectivity index (χ4n) is 6.33. The normalized spacial score (nSPS) is 16.4. The number of carbonyl (C=O) groups is 3. The van der Waals surface area contributed by atoms with E-state index in [2.05, 4.69) is 27.5 Å². The van der Waals surface area contributed by atoms with E-state index in [0.29, 0.717) is 35.8 Å². The Balaban J connectivity index is 1.02. The Morgan fingerprint density at radius 2 is 1.78 bits per heavy atom. The summed E-state index contributed by atoms with van der Waals surface area (Å²) in [4.78, 5) is 76.6. The van der Waals surface area contributed by atoms with Crippen LogP contribution < -0.4 is 27.3 Å². The molecule has 6 rings (SSSR count). The molecule has 0 bridgehead atoms. The van der Waals surface area contributed by atoms with E-state index < -0.39 is 48.2 Å². The summed E-state index contributed by atoms with van der Waals surface area (Å²) in [5.41, 5.74) is -0.433. The van der Waals surface area contributed by atoms with E-state index in [1.165, 1.54) is 54.7 Å². The minimum absolute atomic E-state index is 0.0393. The number of carboxylic acid groups (broad SMARTS) is 1. The van der Waals surface area contributed by atoms with Gasteiger partial charge in [-0.25, -0.2) is 9.59 Å². The van der Waals surface area contributed by atoms with Crippen LogP contribution in [0.2, 0.25) is 0 Å². The first-order valence-electron chi connectivity index (χ1n) is 17.3. The van der Waals surface area contributed by atoms with Gasteiger partial charge in [-0.2, -0.15) is 0 Å². The molecule has 284 valence electrons. The molecule has 0 radical (unpaired) electrons. The van der Waals surface area contributed by atoms with Gasteiger partial charge in [0.25, 0.3) is 11.5 Å². The summed E-state index contributed by atoms with van der Waals surface area (Å²) in [5.74, 6) is 3.43. The molecular formula is C39H36N4O12. The van der Waals surface area contributed by atoms with Crippen molar-refractivity contribution in [2.24, 2.45) is 0 Å². The van der Waals surface area contributed by atoms with Gasteiger partial charge in [0.15, 0.2) is 5.43 Å². The maximum atomic E-state index is 13.2. The molecule has 1 aromatic heterocycles. The van der Waals surface area contributed by atoms with Gasteiger partial charge >= 0.3 is 11.7 Å². The number of carbonyl (C=O) groups excluding carboxylic acids is 2. The number of unbranched alkanes of at least 4 members (excludes halogenated alkanes) is 2. The lowest BCUT2D eigenvalue weighted by molar-refractivity contribution is -0.120. The third-order valence-electron chi connectivity index (χ3n) is 9.08. The summed E-state index contributed by atoms with van der Waals surface area (Å²) >= 11 is 0. The first-order valence-corrected chi connectivity index (χ1v) is 17.3. The number of rotatable bonds is 12. The van der Waals surface area contributed by atoms with Gasteiger partial charge in [0, 0.05) is 59.8 Å². The smallest absolute Gasteiger partial charge is 0.336 e. The topological polar surface area (TPSA) is 250 Å². The molecule has 7 N–H and O–H groups in total. The van der Waals surface area contributed by atoms with Crippen LogP contribution in [0, 0.1) is 11.8 Å². The number of aliphatic hydroxyl groups excluding tert-OH is 2. The summed E-state index contributed by atoms with van der Waals surface area (Å²) in [6.07, 6.45) is 0.369. The van der Waals surface area contributed by atoms with Gasteiger partial charge in [0.2, 0.25) is 5.91 Å². The maximum Gasteiger partial charge on any atom is 0.336 e. The van der Waals surface area contributed by atoms with Crippen molar-refractivity contribution in [3.05, 3.63) is 109 Å². The van der Waals surface area contributed by atoms with Crippen LogP contribution in [0.1, 0.15) is 64.6 Å². The Kier molecular flexibility index (Phi) is 11.6. The number of aliphatic hydroxyl groups is 2. The molecule has 3 aromatic rings. The maximum absolute atomic E-state index is 13.2. The number of aromatic carboxylic acids is 1. The second kappa shape index (κ2) is 16.6. The Labute approximate surface area is 311 Å². The highest BCUT2D eigenvalue weighted by Crippen LogP contribution is 2.42. The van der Waals surface area contributed by atoms with Gasteiger partial charge in [-0.1, -0.05) is 18.3 Å². The molecule has 0 unspecified atom stereocenters. The molecular weight excluding hydrogens is 716 g/mol. The summed E-state index contributed by atoms with van der Waals surface area (Å²) in [7, 11) is 0. The first-order chi connectivity index (χ1) is 26.4. The predicted molar refractivity (Wildman–Crippen MR) is 197 cm³/mol. The van der Waals surface area contributed by atoms with Gasteiger partial charge in [-0.3, -0.25) is 28.7 Å². The van der Waals surface area contributed by atoms with E-state index >= 15 is 0 Å². The molecule has 1 aliphatic carbocycles. The third-order valence-corrected chi connectivity index (χ3v) is 9.08. The zero-order valence-electron chi connectivity index (χ0n) is 29.2. The number of H-pyrrole nitrogens is 1. The molecule has 2 aromatic carbocycles. The van der Waals surface area contributed by atoms with Crippen LogP contribution in [-0.2, 0) is 9.53 Å². The van der Waals surface area contributed by atoms with E-state index in [9.17, 15) is 49.2 Å². The Morgan fingerprint density at radius 3 is 2.55 bits per heavy atom. The fraction of sp³-hybridized carbons (Fsp3) is 0.282. The molecule has 55 heavy (non-hydrogen) atoms. The molecule has 16 nitrogen and oxygen atoms in total. The number of nitrogens with zero attached hydrogens (tertiary/aromatic N) is 1. The molecule has 2 aliphatic heterocycles. The number of amides is 2. The van der Waals surface area contributed by atoms with E-state index in [1.807, 2.05) is 0 Å². The van der Waals surface area contributed by atoms with E-state index in [4.69, 9.17) is 9.15 Å². The molecule has 2 amide bonds. The number of fused-ring (bicyclic) bond motifs is 2. The van der Waals surface area contributed by atoms with Gasteiger partial charge in [0.1, 0.15) is 35.0 Å². The minimum Gasteiger partial charge on any atom is -0.508 e. The highest BCUT2D eigenvalue weighted by molar-refractivity contribution is 6.09. The van der Waals surface area contributed by atoms with Crippen LogP contribution in [0.5, 0.6) is 5.75 Å². The number of aromatic nitrogens is 2. The predicted octanol–water partition coefficient (Wildman–Crippen LogP) is 1.92. The summed E-state index contributed by atoms with van der Waals surface area (Å²) in [5, 5.41) is 45.3. The molecule has 16 heteroatoms. The molecule has 0 spiro atoms. The summed E-state index contributed by atoms with van der Waals surface area (Å²) in [6.45, 7) is -0.212. The first kappa shape index (κ1) is 38.2. The minimum atomic E-state index is -1.23. The van der Waals surface area contributed by atoms with Crippen LogP contribution in [0.3, 0.4) is 0 Å². The summed E-state index contributed by atoms with van der Waals surface area (Å²) < 4.78 is 12.4. The number of aromatic amines is 1. The van der Waals surface area contributed by atoms with Crippen molar-refractivity contribution in [3.8, 4) is 40.0 Å². The van der Waals surface area contributed by atoms with Crippen LogP contribution >= 0.6 is 0 Å². The number of hydrogen-bond acceptors (Lipinski definition) is 11. The van der Waals surface area contributed by atoms with E-state index in [-0.39, 0.29) is 76.6 Å². The van der Waals surface area contributed by atoms with Crippen molar-refractivity contribution in [3.63, 3.8) is 0 Å². The zero-order valence-corrected chi connectivity index (χ0v) is 29.2. The average molecular weight is 753 g/mol. The van der Waals surface area contributed by atoms with Gasteiger partial charge in [0.05, 0.1) is 24.8 Å². The summed E-state index contributed by atoms with van der Waals surface area (Å²) in [6, 6.07) is 12.7. The number of hydrogen-bond donors (Lipinski definition) is 7. The highest BCUT2D eigenvalue weighted by Gasteiger charge is 2.35. The number of phenols is 1. The number of phenolic OH excluding ortho intramolecular Hbond substituents is 1. The van der Waals surface area contributed by atoms with Gasteiger partial charge in [-0.05, 0) is 60.9 Å². The SMILES string of the molecule is O=C(CCCCCNC(=O)c1ccc(C(=O)O)c(-c2c3ccc(=O)cc-3oc3cc(O)ccc23)c1)NCC#Cc1cn([C@H]2C[C@H](O)[C@@H](CO)O2)c(=O)[nH]c1=O. The van der Waals surface area contributed by atoms with Crippen molar-refractivity contribution in [1.82, 2.24) is 20.2 Å². The van der Waals surface area contributed by atoms with Crippen molar-refractivity contribution in [2.45, 2.75) is 50.5 Å². The Bertz CT molecular complexity index is 2490. The molecule has 1 fully saturated rings. The molecule has 3 heterocycles. The zero-order chi connectivity index (χ0) is 39.2. The standard InChI is InChI=1S/C39H36N4O12/c44-20-32-29(47)18-34(55-32)43-19-22(37(50)42-39(43)53)5-4-14-40-33(48)6-2-1-3-13-41-36(49)21-7-10-25(38(51)52)28(15-21)35-26-11-8-23(45)16-30(26)54-31-17-24(46)9-12-27(31)35/h7-12,15-17,19,29,32,34,44-45,47H,1-3,6,13-14,18,20H2,(H,40,48)(H,41,49)(H,51,52)(H,42,50,53)/t29-,32+,34+/m0/s1. The lowest BCUT2D eigenvalue weighted by atomic mass is 9.89. The molecule has 1 saturated heterocycles. The number of benzene rings is 3. The average Bonchev–Trinajstić information content (AvgIpc) is 3.53. The monoisotopic (exact) mass is 752 g/mol. The van der Waals surface area contributed by atoms with Gasteiger partial charge < -0.3 is 40.2 Å². The number of carboxylic acids is 1. The molecule has 0 saturated carbocycles. The number of aromatic hydroxyl groups is 1. The van der Waals surface area contributed by atoms with Crippen molar-refractivity contribution < 1.29 is 44.0 Å². The highest BCUT2D eigenvalue weighted by atomic mass is 16.5. The lowest BCUT2D eigenvalue weighted by Gasteiger charge is -2.17. The van der Waals surface area contributed by atoms with Crippen molar-refractivity contribution in [2.75, 3.05) is 19.7 Å². The Morgan fingerprint density at radius 1 is 0.964 bits per heavy atom. The quantitative estimate of drug-likeness (QED) is 0.0549. The van der Waals surface area contributed by atoms with E-state index in [1.54, 1.807) is 6.07 Å². The lowest BCUT2D eigenvalue weighted by Crippen LogP contribution is -2.33. The third kappa shape index (κ3) is 8.65. The van der Waals surface area contributed by atoms with Crippen LogP contribution in [0.4, 0.5) is 0 Å². The second-order valence-electron chi connectivity index (χ2n) is 12.9.